The van der Waals surface area contributed by atoms with Gasteiger partial charge < -0.3 is 4.84 Å². The molecule has 0 saturated carbocycles. The maximum absolute atomic E-state index is 14.0. The number of benzene rings is 2. The van der Waals surface area contributed by atoms with E-state index in [1.165, 1.54) is 30.3 Å². The lowest BCUT2D eigenvalue weighted by Gasteiger charge is -2.29. The van der Waals surface area contributed by atoms with Gasteiger partial charge in [-0.1, -0.05) is 40.5 Å². The van der Waals surface area contributed by atoms with Gasteiger partial charge in [-0.05, 0) is 42.8 Å². The molecule has 2 aromatic rings. The fraction of sp³-hybridized carbons (Fsp3) is 0.263. The molecule has 0 amide bonds. The van der Waals surface area contributed by atoms with Crippen LogP contribution < -0.4 is 0 Å². The van der Waals surface area contributed by atoms with Crippen LogP contribution in [0.3, 0.4) is 0 Å². The van der Waals surface area contributed by atoms with Crippen LogP contribution in [0.4, 0.5) is 32.0 Å². The maximum atomic E-state index is 14.0. The van der Waals surface area contributed by atoms with Crippen LogP contribution in [0.1, 0.15) is 24.5 Å². The summed E-state index contributed by atoms with van der Waals surface area (Å²) < 4.78 is 79.6. The predicted octanol–water partition coefficient (Wildman–Crippen LogP) is 7.23. The smallest absolute Gasteiger partial charge is 0.374 e. The molecule has 3 nitrogen and oxygen atoms in total. The molecular weight excluding hydrogens is 457 g/mol. The van der Waals surface area contributed by atoms with E-state index in [2.05, 4.69) is 10.1 Å². The van der Waals surface area contributed by atoms with Gasteiger partial charge in [0.2, 0.25) is 0 Å². The minimum atomic E-state index is -4.85. The summed E-state index contributed by atoms with van der Waals surface area (Å²) >= 11 is 11.7. The fourth-order valence-electron chi connectivity index (χ4n) is 2.83. The van der Waals surface area contributed by atoms with E-state index in [0.29, 0.717) is 0 Å². The third-order valence-corrected chi connectivity index (χ3v) is 4.86. The molecule has 1 atom stereocenters. The van der Waals surface area contributed by atoms with E-state index in [0.717, 1.165) is 19.1 Å². The summed E-state index contributed by atoms with van der Waals surface area (Å²) in [5, 5.41) is 3.59. The molecule has 3 rings (SSSR count). The van der Waals surface area contributed by atoms with Gasteiger partial charge >= 0.3 is 12.4 Å². The topological polar surface area (TPSA) is 34.0 Å². The summed E-state index contributed by atoms with van der Waals surface area (Å²) in [6, 6.07) is 8.61. The molecule has 0 N–H and O–H groups in total. The molecule has 11 heteroatoms. The Kier molecular flexibility index (Phi) is 5.81. The van der Waals surface area contributed by atoms with Crippen molar-refractivity contribution in [3.8, 4) is 0 Å². The minimum absolute atomic E-state index is 0.000393. The highest BCUT2D eigenvalue weighted by Gasteiger charge is 2.62. The molecule has 1 aliphatic rings. The van der Waals surface area contributed by atoms with Gasteiger partial charge in [-0.2, -0.15) is 26.3 Å². The second kappa shape index (κ2) is 7.77. The molecule has 1 aliphatic heterocycles. The average molecular weight is 469 g/mol. The van der Waals surface area contributed by atoms with Crippen LogP contribution >= 0.6 is 23.2 Å². The molecular formula is C19H12Cl2F6N2O. The van der Waals surface area contributed by atoms with Gasteiger partial charge in [0, 0.05) is 22.0 Å². The van der Waals surface area contributed by atoms with Crippen LogP contribution in [0.25, 0.3) is 0 Å². The first kappa shape index (κ1) is 22.4. The van der Waals surface area contributed by atoms with Crippen LogP contribution in [0, 0.1) is 0 Å². The molecule has 1 heterocycles. The molecule has 0 spiro atoms. The lowest BCUT2D eigenvalue weighted by atomic mass is 9.86. The second-order valence-corrected chi connectivity index (χ2v) is 7.40. The molecule has 30 heavy (non-hydrogen) atoms. The summed E-state index contributed by atoms with van der Waals surface area (Å²) in [6.45, 7) is 0.816. The maximum Gasteiger partial charge on any atom is 0.435 e. The number of hydrogen-bond acceptors (Lipinski definition) is 3. The van der Waals surface area contributed by atoms with Crippen molar-refractivity contribution < 1.29 is 31.2 Å². The van der Waals surface area contributed by atoms with Gasteiger partial charge in [0.15, 0.2) is 0 Å². The van der Waals surface area contributed by atoms with Gasteiger partial charge in [0.25, 0.3) is 5.60 Å². The highest BCUT2D eigenvalue weighted by atomic mass is 35.5. The average Bonchev–Trinajstić information content (AvgIpc) is 3.07. The number of alkyl halides is 6. The SMILES string of the molecule is CC(=Nc1ccc(C2=NOC(c3cc(Cl)cc(Cl)c3)(C(F)(F)F)C2)cc1)C(F)(F)F. The number of aliphatic imine (C=N–C) groups is 1. The Hall–Kier alpha value is -2.26. The number of oxime groups is 1. The van der Waals surface area contributed by atoms with Crippen molar-refractivity contribution in [1.29, 1.82) is 0 Å². The van der Waals surface area contributed by atoms with Crippen molar-refractivity contribution in [3.05, 3.63) is 63.6 Å². The molecule has 0 fully saturated rings. The van der Waals surface area contributed by atoms with Crippen LogP contribution in [-0.2, 0) is 10.4 Å². The Balaban J connectivity index is 1.91. The third-order valence-electron chi connectivity index (χ3n) is 4.42. The number of halogens is 8. The van der Waals surface area contributed by atoms with Gasteiger partial charge in [-0.15, -0.1) is 0 Å². The largest absolute Gasteiger partial charge is 0.435 e. The van der Waals surface area contributed by atoms with E-state index in [-0.39, 0.29) is 32.6 Å². The van der Waals surface area contributed by atoms with Crippen LogP contribution in [-0.4, -0.2) is 23.8 Å². The Morgan fingerprint density at radius 2 is 1.57 bits per heavy atom. The molecule has 0 aliphatic carbocycles. The summed E-state index contributed by atoms with van der Waals surface area (Å²) in [4.78, 5) is 8.32. The molecule has 0 saturated heterocycles. The molecule has 1 unspecified atom stereocenters. The van der Waals surface area contributed by atoms with Crippen molar-refractivity contribution in [2.24, 2.45) is 10.1 Å². The highest BCUT2D eigenvalue weighted by Crippen LogP contribution is 2.49. The van der Waals surface area contributed by atoms with Crippen LogP contribution in [0.5, 0.6) is 0 Å². The van der Waals surface area contributed by atoms with Gasteiger partial charge in [-0.3, -0.25) is 0 Å². The minimum Gasteiger partial charge on any atom is -0.374 e. The second-order valence-electron chi connectivity index (χ2n) is 6.53. The predicted molar refractivity (Wildman–Crippen MR) is 102 cm³/mol. The number of nitrogens with zero attached hydrogens (tertiary/aromatic N) is 2. The highest BCUT2D eigenvalue weighted by molar-refractivity contribution is 6.34. The van der Waals surface area contributed by atoms with E-state index in [1.807, 2.05) is 0 Å². The van der Waals surface area contributed by atoms with Crippen molar-refractivity contribution in [2.75, 3.05) is 0 Å². The van der Waals surface area contributed by atoms with E-state index < -0.39 is 30.1 Å². The zero-order valence-corrected chi connectivity index (χ0v) is 16.6. The Morgan fingerprint density at radius 3 is 2.07 bits per heavy atom. The van der Waals surface area contributed by atoms with Crippen molar-refractivity contribution in [3.63, 3.8) is 0 Å². The lowest BCUT2D eigenvalue weighted by Crippen LogP contribution is -2.42. The monoisotopic (exact) mass is 468 g/mol. The summed E-state index contributed by atoms with van der Waals surface area (Å²) in [7, 11) is 0. The third kappa shape index (κ3) is 4.41. The lowest BCUT2D eigenvalue weighted by molar-refractivity contribution is -0.275. The van der Waals surface area contributed by atoms with Crippen LogP contribution in [0.15, 0.2) is 52.6 Å². The zero-order chi connectivity index (χ0) is 22.3. The Morgan fingerprint density at radius 1 is 1.00 bits per heavy atom. The van der Waals surface area contributed by atoms with E-state index in [1.54, 1.807) is 0 Å². The molecule has 0 aromatic heterocycles. The first-order valence-corrected chi connectivity index (χ1v) is 9.09. The van der Waals surface area contributed by atoms with Crippen molar-refractivity contribution in [2.45, 2.75) is 31.3 Å². The van der Waals surface area contributed by atoms with Crippen LogP contribution in [0.2, 0.25) is 10.0 Å². The summed E-state index contributed by atoms with van der Waals surface area (Å²) in [5.41, 5.74) is -3.94. The number of hydrogen-bond donors (Lipinski definition) is 0. The van der Waals surface area contributed by atoms with Gasteiger partial charge in [0.1, 0.15) is 5.71 Å². The van der Waals surface area contributed by atoms with Gasteiger partial charge in [-0.25, -0.2) is 4.99 Å². The van der Waals surface area contributed by atoms with E-state index in [9.17, 15) is 26.3 Å². The fourth-order valence-corrected chi connectivity index (χ4v) is 3.36. The summed E-state index contributed by atoms with van der Waals surface area (Å²) in [6.07, 6.45) is -10.1. The number of rotatable bonds is 3. The Bertz CT molecular complexity index is 995. The summed E-state index contributed by atoms with van der Waals surface area (Å²) in [5.74, 6) is 0. The molecule has 0 bridgehead atoms. The molecule has 160 valence electrons. The quantitative estimate of drug-likeness (QED) is 0.345. The normalized spacial score (nSPS) is 20.2. The van der Waals surface area contributed by atoms with Crippen molar-refractivity contribution in [1.82, 2.24) is 0 Å². The first-order chi connectivity index (χ1) is 13.8. The van der Waals surface area contributed by atoms with Gasteiger partial charge in [0.05, 0.1) is 11.4 Å². The standard InChI is InChI=1S/C19H12Cl2F6N2O/c1-10(18(22,23)24)28-15-4-2-11(3-5-15)16-9-17(30-29-16,19(25,26)27)12-6-13(20)8-14(21)7-12/h2-8H,9H2,1H3. The van der Waals surface area contributed by atoms with Crippen molar-refractivity contribution >= 4 is 40.3 Å². The molecule has 0 radical (unpaired) electrons. The Labute approximate surface area is 176 Å². The zero-order valence-electron chi connectivity index (χ0n) is 15.1. The molecule has 2 aromatic carbocycles. The van der Waals surface area contributed by atoms with E-state index >= 15 is 0 Å². The van der Waals surface area contributed by atoms with E-state index in [4.69, 9.17) is 28.0 Å². The first-order valence-electron chi connectivity index (χ1n) is 8.33.